The highest BCUT2D eigenvalue weighted by atomic mass is 127. The number of nitrogens with one attached hydrogen (secondary N) is 1. The van der Waals surface area contributed by atoms with Crippen LogP contribution in [0.5, 0.6) is 0 Å². The Morgan fingerprint density at radius 1 is 0.900 bits per heavy atom. The van der Waals surface area contributed by atoms with Crippen LogP contribution in [0.4, 0.5) is 5.69 Å². The Morgan fingerprint density at radius 3 is 2.55 bits per heavy atom. The zero-order valence-electron chi connectivity index (χ0n) is 10.8. The average molecular weight is 391 g/mol. The summed E-state index contributed by atoms with van der Waals surface area (Å²) in [4.78, 5) is 2.67. The molecule has 3 heteroatoms. The Labute approximate surface area is 136 Å². The van der Waals surface area contributed by atoms with Crippen molar-refractivity contribution in [1.82, 2.24) is 0 Å². The van der Waals surface area contributed by atoms with Crippen LogP contribution in [0.3, 0.4) is 0 Å². The maximum atomic E-state index is 3.47. The molecule has 3 rings (SSSR count). The molecule has 0 saturated carbocycles. The standard InChI is InChI=1S/C17H14INS/c18-14-7-4-8-15(11-14)19-12-16-9-10-17(20-16)13-5-2-1-3-6-13/h1-11,19H,12H2. The summed E-state index contributed by atoms with van der Waals surface area (Å²) in [5.41, 5.74) is 2.46. The molecule has 2 aromatic carbocycles. The molecule has 0 spiro atoms. The molecule has 1 heterocycles. The fourth-order valence-corrected chi connectivity index (χ4v) is 3.51. The van der Waals surface area contributed by atoms with E-state index < -0.39 is 0 Å². The predicted molar refractivity (Wildman–Crippen MR) is 96.2 cm³/mol. The topological polar surface area (TPSA) is 12.0 Å². The molecule has 0 atom stereocenters. The van der Waals surface area contributed by atoms with Gasteiger partial charge in [0.2, 0.25) is 0 Å². The first-order chi connectivity index (χ1) is 9.81. The van der Waals surface area contributed by atoms with Crippen molar-refractivity contribution < 1.29 is 0 Å². The molecule has 100 valence electrons. The van der Waals surface area contributed by atoms with E-state index in [2.05, 4.69) is 94.6 Å². The van der Waals surface area contributed by atoms with Crippen molar-refractivity contribution in [3.63, 3.8) is 0 Å². The van der Waals surface area contributed by atoms with Gasteiger partial charge in [0.05, 0.1) is 0 Å². The number of thiophene rings is 1. The normalized spacial score (nSPS) is 10.4. The van der Waals surface area contributed by atoms with Gasteiger partial charge in [0, 0.05) is 25.6 Å². The number of hydrogen-bond acceptors (Lipinski definition) is 2. The largest absolute Gasteiger partial charge is 0.380 e. The Bertz CT molecular complexity index is 691. The fourth-order valence-electron chi connectivity index (χ4n) is 2.02. The van der Waals surface area contributed by atoms with Gasteiger partial charge in [0.25, 0.3) is 0 Å². The van der Waals surface area contributed by atoms with Gasteiger partial charge in [-0.3, -0.25) is 0 Å². The lowest BCUT2D eigenvalue weighted by Crippen LogP contribution is -1.96. The van der Waals surface area contributed by atoms with E-state index in [9.17, 15) is 0 Å². The second-order valence-electron chi connectivity index (χ2n) is 4.50. The summed E-state index contributed by atoms with van der Waals surface area (Å²) in [5, 5.41) is 3.47. The van der Waals surface area contributed by atoms with Crippen LogP contribution < -0.4 is 5.32 Å². The minimum atomic E-state index is 0.873. The van der Waals surface area contributed by atoms with Gasteiger partial charge in [-0.15, -0.1) is 11.3 Å². The quantitative estimate of drug-likeness (QED) is 0.569. The van der Waals surface area contributed by atoms with Crippen LogP contribution >= 0.6 is 33.9 Å². The molecule has 0 aliphatic heterocycles. The summed E-state index contributed by atoms with van der Waals surface area (Å²) in [6.07, 6.45) is 0. The first kappa shape index (κ1) is 13.6. The summed E-state index contributed by atoms with van der Waals surface area (Å²) in [6.45, 7) is 0.873. The fraction of sp³-hybridized carbons (Fsp3) is 0.0588. The monoisotopic (exact) mass is 391 g/mol. The molecular weight excluding hydrogens is 377 g/mol. The molecule has 20 heavy (non-hydrogen) atoms. The second kappa shape index (κ2) is 6.41. The van der Waals surface area contributed by atoms with Crippen LogP contribution in [0.2, 0.25) is 0 Å². The van der Waals surface area contributed by atoms with E-state index in [4.69, 9.17) is 0 Å². The van der Waals surface area contributed by atoms with Crippen LogP contribution in [0.1, 0.15) is 4.88 Å². The van der Waals surface area contributed by atoms with E-state index in [0.717, 1.165) is 6.54 Å². The SMILES string of the molecule is Ic1cccc(NCc2ccc(-c3ccccc3)s2)c1. The average Bonchev–Trinajstić information content (AvgIpc) is 2.95. The number of hydrogen-bond donors (Lipinski definition) is 1. The van der Waals surface area contributed by atoms with Gasteiger partial charge in [0.1, 0.15) is 0 Å². The molecule has 0 bridgehead atoms. The summed E-state index contributed by atoms with van der Waals surface area (Å²) in [5.74, 6) is 0. The first-order valence-corrected chi connectivity index (χ1v) is 8.34. The van der Waals surface area contributed by atoms with E-state index in [1.54, 1.807) is 0 Å². The van der Waals surface area contributed by atoms with Gasteiger partial charge in [-0.1, -0.05) is 36.4 Å². The summed E-state index contributed by atoms with van der Waals surface area (Å²) < 4.78 is 1.25. The van der Waals surface area contributed by atoms with E-state index >= 15 is 0 Å². The molecule has 1 N–H and O–H groups in total. The smallest absolute Gasteiger partial charge is 0.0494 e. The minimum absolute atomic E-state index is 0.873. The minimum Gasteiger partial charge on any atom is -0.380 e. The first-order valence-electron chi connectivity index (χ1n) is 6.45. The summed E-state index contributed by atoms with van der Waals surface area (Å²) >= 11 is 4.18. The maximum absolute atomic E-state index is 3.47. The Morgan fingerprint density at radius 2 is 1.75 bits per heavy atom. The van der Waals surface area contributed by atoms with Crippen LogP contribution in [0, 0.1) is 3.57 Å². The molecule has 0 radical (unpaired) electrons. The molecule has 0 aliphatic rings. The number of rotatable bonds is 4. The summed E-state index contributed by atoms with van der Waals surface area (Å²) in [7, 11) is 0. The third-order valence-electron chi connectivity index (χ3n) is 3.01. The molecule has 0 unspecified atom stereocenters. The van der Waals surface area contributed by atoms with E-state index in [-0.39, 0.29) is 0 Å². The van der Waals surface area contributed by atoms with Crippen LogP contribution in [-0.2, 0) is 6.54 Å². The van der Waals surface area contributed by atoms with E-state index in [1.165, 1.54) is 24.6 Å². The highest BCUT2D eigenvalue weighted by Gasteiger charge is 2.02. The third-order valence-corrected chi connectivity index (χ3v) is 4.82. The van der Waals surface area contributed by atoms with Gasteiger partial charge >= 0.3 is 0 Å². The van der Waals surface area contributed by atoms with Crippen molar-refractivity contribution in [3.8, 4) is 10.4 Å². The predicted octanol–water partition coefficient (Wildman–Crippen LogP) is 5.63. The number of benzene rings is 2. The second-order valence-corrected chi connectivity index (χ2v) is 6.91. The van der Waals surface area contributed by atoms with Gasteiger partial charge in [-0.05, 0) is 58.5 Å². The van der Waals surface area contributed by atoms with Crippen molar-refractivity contribution in [2.45, 2.75) is 6.54 Å². The van der Waals surface area contributed by atoms with Gasteiger partial charge < -0.3 is 5.32 Å². The molecule has 0 aliphatic carbocycles. The van der Waals surface area contributed by atoms with Gasteiger partial charge in [-0.25, -0.2) is 0 Å². The molecule has 3 aromatic rings. The van der Waals surface area contributed by atoms with Gasteiger partial charge in [-0.2, -0.15) is 0 Å². The highest BCUT2D eigenvalue weighted by molar-refractivity contribution is 14.1. The van der Waals surface area contributed by atoms with Gasteiger partial charge in [0.15, 0.2) is 0 Å². The molecule has 1 nitrogen and oxygen atoms in total. The molecular formula is C17H14INS. The highest BCUT2D eigenvalue weighted by Crippen LogP contribution is 2.28. The molecule has 1 aromatic heterocycles. The lowest BCUT2D eigenvalue weighted by Gasteiger charge is -2.04. The number of halogens is 1. The Kier molecular flexibility index (Phi) is 4.38. The van der Waals surface area contributed by atoms with Crippen molar-refractivity contribution >= 4 is 39.6 Å². The lowest BCUT2D eigenvalue weighted by molar-refractivity contribution is 1.19. The lowest BCUT2D eigenvalue weighted by atomic mass is 10.2. The third kappa shape index (κ3) is 3.41. The van der Waals surface area contributed by atoms with E-state index in [1.807, 2.05) is 11.3 Å². The molecule has 0 saturated heterocycles. The van der Waals surface area contributed by atoms with Crippen LogP contribution in [0.15, 0.2) is 66.7 Å². The van der Waals surface area contributed by atoms with Crippen LogP contribution in [-0.4, -0.2) is 0 Å². The van der Waals surface area contributed by atoms with E-state index in [0.29, 0.717) is 0 Å². The zero-order chi connectivity index (χ0) is 13.8. The summed E-state index contributed by atoms with van der Waals surface area (Å²) in [6, 6.07) is 23.4. The van der Waals surface area contributed by atoms with Crippen molar-refractivity contribution in [1.29, 1.82) is 0 Å². The molecule has 0 amide bonds. The Hall–Kier alpha value is -1.33. The zero-order valence-corrected chi connectivity index (χ0v) is 13.8. The molecule has 0 fully saturated rings. The van der Waals surface area contributed by atoms with Crippen molar-refractivity contribution in [2.24, 2.45) is 0 Å². The number of anilines is 1. The van der Waals surface area contributed by atoms with Crippen LogP contribution in [0.25, 0.3) is 10.4 Å². The maximum Gasteiger partial charge on any atom is 0.0494 e. The van der Waals surface area contributed by atoms with Crippen molar-refractivity contribution in [3.05, 3.63) is 75.2 Å². The Balaban J connectivity index is 1.69. The van der Waals surface area contributed by atoms with Crippen molar-refractivity contribution in [2.75, 3.05) is 5.32 Å².